The normalized spacial score (nSPS) is 12.1. The minimum Gasteiger partial charge on any atom is -0.334 e. The van der Waals surface area contributed by atoms with Crippen molar-refractivity contribution in [3.05, 3.63) is 94.5 Å². The zero-order chi connectivity index (χ0) is 34.5. The molecule has 3 rings (SSSR count). The predicted octanol–water partition coefficient (Wildman–Crippen LogP) is 11.1. The van der Waals surface area contributed by atoms with Crippen LogP contribution in [0.2, 0.25) is 0 Å². The smallest absolute Gasteiger partial charge is 0.334 e. The van der Waals surface area contributed by atoms with Gasteiger partial charge in [-0.05, 0) is 104 Å². The highest BCUT2D eigenvalue weighted by Gasteiger charge is 2.37. The Balaban J connectivity index is 1.83. The quantitative estimate of drug-likeness (QED) is 0.1000. The zero-order valence-electron chi connectivity index (χ0n) is 27.8. The van der Waals surface area contributed by atoms with Crippen molar-refractivity contribution in [1.82, 2.24) is 9.80 Å². The molecule has 0 atom stereocenters. The molecule has 0 bridgehead atoms. The van der Waals surface area contributed by atoms with Gasteiger partial charge in [-0.25, -0.2) is 0 Å². The zero-order valence-corrected chi connectivity index (χ0v) is 27.8. The standard InChI is InChI=1S/C38H48F6N2O/c1-4-7-10-12-29-13-19-32(20-14-29)36(47)46(24-11-23-45(21-8-5-2)22-9-6-3)28-30-15-17-31(18-16-30)33-25-34(37(39,40)41)27-35(26-33)38(42,43)44/h13-20,25-27H,4-12,21-24,28H2,1-3H3. The fourth-order valence-electron chi connectivity index (χ4n) is 5.56. The van der Waals surface area contributed by atoms with Crippen LogP contribution in [0.5, 0.6) is 0 Å². The third-order valence-corrected chi connectivity index (χ3v) is 8.36. The first-order valence-electron chi connectivity index (χ1n) is 16.8. The van der Waals surface area contributed by atoms with Gasteiger partial charge in [0.2, 0.25) is 0 Å². The number of rotatable bonds is 18. The van der Waals surface area contributed by atoms with E-state index in [1.165, 1.54) is 17.7 Å². The Hall–Kier alpha value is -3.33. The number of amides is 1. The Kier molecular flexibility index (Phi) is 14.8. The van der Waals surface area contributed by atoms with Gasteiger partial charge in [0.05, 0.1) is 11.1 Å². The van der Waals surface area contributed by atoms with Gasteiger partial charge in [0.15, 0.2) is 0 Å². The van der Waals surface area contributed by atoms with E-state index in [-0.39, 0.29) is 29.6 Å². The van der Waals surface area contributed by atoms with Crippen LogP contribution < -0.4 is 0 Å². The molecule has 0 fully saturated rings. The number of hydrogen-bond donors (Lipinski definition) is 0. The number of unbranched alkanes of at least 4 members (excludes halogenated alkanes) is 4. The molecule has 0 saturated heterocycles. The highest BCUT2D eigenvalue weighted by molar-refractivity contribution is 5.94. The minimum atomic E-state index is -4.92. The molecule has 3 aromatic carbocycles. The first-order valence-corrected chi connectivity index (χ1v) is 16.8. The summed E-state index contributed by atoms with van der Waals surface area (Å²) < 4.78 is 80.6. The lowest BCUT2D eigenvalue weighted by atomic mass is 9.98. The molecule has 0 spiro atoms. The van der Waals surface area contributed by atoms with Gasteiger partial charge in [-0.15, -0.1) is 0 Å². The monoisotopic (exact) mass is 662 g/mol. The maximum Gasteiger partial charge on any atom is 0.416 e. The Labute approximate surface area is 276 Å². The number of carbonyl (C=O) groups excluding carboxylic acids is 1. The second-order valence-electron chi connectivity index (χ2n) is 12.3. The number of carbonyl (C=O) groups is 1. The Bertz CT molecular complexity index is 1330. The van der Waals surface area contributed by atoms with Crippen molar-refractivity contribution >= 4 is 5.91 Å². The van der Waals surface area contributed by atoms with Crippen molar-refractivity contribution < 1.29 is 31.1 Å². The molecule has 9 heteroatoms. The summed E-state index contributed by atoms with van der Waals surface area (Å²) in [4.78, 5) is 18.0. The molecule has 0 aliphatic carbocycles. The van der Waals surface area contributed by atoms with Crippen molar-refractivity contribution in [3.63, 3.8) is 0 Å². The van der Waals surface area contributed by atoms with Gasteiger partial charge >= 0.3 is 12.4 Å². The fourth-order valence-corrected chi connectivity index (χ4v) is 5.56. The Morgan fingerprint density at radius 1 is 0.574 bits per heavy atom. The van der Waals surface area contributed by atoms with Crippen LogP contribution in [0.15, 0.2) is 66.7 Å². The van der Waals surface area contributed by atoms with Crippen LogP contribution >= 0.6 is 0 Å². The average Bonchev–Trinajstić information content (AvgIpc) is 3.04. The SMILES string of the molecule is CCCCCc1ccc(C(=O)N(CCCN(CCCC)CCCC)Cc2ccc(-c3cc(C(F)(F)F)cc(C(F)(F)F)c3)cc2)cc1. The molecule has 0 saturated carbocycles. The van der Waals surface area contributed by atoms with E-state index in [9.17, 15) is 31.1 Å². The van der Waals surface area contributed by atoms with E-state index in [1.807, 2.05) is 24.3 Å². The van der Waals surface area contributed by atoms with Crippen LogP contribution in [0, 0.1) is 0 Å². The fraction of sp³-hybridized carbons (Fsp3) is 0.500. The van der Waals surface area contributed by atoms with Crippen molar-refractivity contribution in [2.75, 3.05) is 26.2 Å². The summed E-state index contributed by atoms with van der Waals surface area (Å²) in [7, 11) is 0. The molecule has 0 aromatic heterocycles. The van der Waals surface area contributed by atoms with Gasteiger partial charge in [-0.1, -0.05) is 82.9 Å². The summed E-state index contributed by atoms with van der Waals surface area (Å²) >= 11 is 0. The summed E-state index contributed by atoms with van der Waals surface area (Å²) in [6.45, 7) is 10.1. The van der Waals surface area contributed by atoms with Crippen LogP contribution in [-0.2, 0) is 25.3 Å². The first kappa shape index (κ1) is 38.1. The topological polar surface area (TPSA) is 23.6 Å². The van der Waals surface area contributed by atoms with Gasteiger partial charge in [-0.2, -0.15) is 26.3 Å². The molecular weight excluding hydrogens is 614 g/mol. The number of nitrogens with zero attached hydrogens (tertiary/aromatic N) is 2. The van der Waals surface area contributed by atoms with E-state index >= 15 is 0 Å². The number of halogens is 6. The van der Waals surface area contributed by atoms with Crippen LogP contribution in [0.4, 0.5) is 26.3 Å². The molecule has 3 aromatic rings. The van der Waals surface area contributed by atoms with Gasteiger partial charge in [0.1, 0.15) is 0 Å². The van der Waals surface area contributed by atoms with Crippen LogP contribution in [-0.4, -0.2) is 41.9 Å². The van der Waals surface area contributed by atoms with Gasteiger partial charge < -0.3 is 9.80 Å². The molecule has 0 heterocycles. The van der Waals surface area contributed by atoms with Crippen LogP contribution in [0.3, 0.4) is 0 Å². The summed E-state index contributed by atoms with van der Waals surface area (Å²) in [5, 5.41) is 0. The summed E-state index contributed by atoms with van der Waals surface area (Å²) in [6, 6.07) is 15.7. The molecule has 3 nitrogen and oxygen atoms in total. The summed E-state index contributed by atoms with van der Waals surface area (Å²) in [6.07, 6.45) is -0.300. The van der Waals surface area contributed by atoms with Gasteiger partial charge in [0, 0.05) is 18.7 Å². The van der Waals surface area contributed by atoms with E-state index in [0.717, 1.165) is 95.1 Å². The maximum atomic E-state index is 13.8. The molecule has 258 valence electrons. The number of aryl methyl sites for hydroxylation is 1. The lowest BCUT2D eigenvalue weighted by molar-refractivity contribution is -0.143. The van der Waals surface area contributed by atoms with E-state index in [4.69, 9.17) is 0 Å². The third-order valence-electron chi connectivity index (χ3n) is 8.36. The number of benzene rings is 3. The van der Waals surface area contributed by atoms with Crippen molar-refractivity contribution in [3.8, 4) is 11.1 Å². The van der Waals surface area contributed by atoms with Crippen molar-refractivity contribution in [2.45, 2.75) is 97.5 Å². The number of alkyl halides is 6. The van der Waals surface area contributed by atoms with Crippen molar-refractivity contribution in [1.29, 1.82) is 0 Å². The first-order chi connectivity index (χ1) is 22.3. The number of hydrogen-bond acceptors (Lipinski definition) is 2. The third kappa shape index (κ3) is 12.3. The average molecular weight is 663 g/mol. The molecule has 0 radical (unpaired) electrons. The van der Waals surface area contributed by atoms with Crippen LogP contribution in [0.25, 0.3) is 11.1 Å². The van der Waals surface area contributed by atoms with E-state index in [0.29, 0.717) is 12.1 Å². The minimum absolute atomic E-state index is 0.115. The van der Waals surface area contributed by atoms with E-state index in [2.05, 4.69) is 25.7 Å². The highest BCUT2D eigenvalue weighted by Crippen LogP contribution is 2.38. The van der Waals surface area contributed by atoms with Gasteiger partial charge in [-0.3, -0.25) is 4.79 Å². The molecule has 0 aliphatic rings. The van der Waals surface area contributed by atoms with E-state index < -0.39 is 23.5 Å². The second-order valence-corrected chi connectivity index (χ2v) is 12.3. The van der Waals surface area contributed by atoms with E-state index in [1.54, 1.807) is 17.0 Å². The molecule has 0 N–H and O–H groups in total. The molecule has 0 aliphatic heterocycles. The van der Waals surface area contributed by atoms with Crippen molar-refractivity contribution in [2.24, 2.45) is 0 Å². The molecule has 0 unspecified atom stereocenters. The Morgan fingerprint density at radius 2 is 1.09 bits per heavy atom. The lowest BCUT2D eigenvalue weighted by Crippen LogP contribution is -2.34. The summed E-state index contributed by atoms with van der Waals surface area (Å²) in [5.41, 5.74) is -0.163. The second kappa shape index (κ2) is 18.3. The Morgan fingerprint density at radius 3 is 1.60 bits per heavy atom. The predicted molar refractivity (Wildman–Crippen MR) is 177 cm³/mol. The maximum absolute atomic E-state index is 13.8. The molecule has 47 heavy (non-hydrogen) atoms. The largest absolute Gasteiger partial charge is 0.416 e. The van der Waals surface area contributed by atoms with Gasteiger partial charge in [0.25, 0.3) is 5.91 Å². The highest BCUT2D eigenvalue weighted by atomic mass is 19.4. The van der Waals surface area contributed by atoms with Crippen LogP contribution in [0.1, 0.15) is 105 Å². The summed E-state index contributed by atoms with van der Waals surface area (Å²) in [5.74, 6) is -0.115. The lowest BCUT2D eigenvalue weighted by Gasteiger charge is -2.26. The molecule has 1 amide bonds. The molecular formula is C38H48F6N2O.